The van der Waals surface area contributed by atoms with Crippen molar-refractivity contribution < 1.29 is 22.7 Å². The van der Waals surface area contributed by atoms with Gasteiger partial charge in [-0.05, 0) is 18.2 Å². The van der Waals surface area contributed by atoms with Crippen molar-refractivity contribution in [1.29, 1.82) is 0 Å². The summed E-state index contributed by atoms with van der Waals surface area (Å²) in [6, 6.07) is 2.17. The Balaban J connectivity index is 0. The Bertz CT molecular complexity index is 514. The van der Waals surface area contributed by atoms with Crippen molar-refractivity contribution in [3.63, 3.8) is 0 Å². The van der Waals surface area contributed by atoms with E-state index in [0.717, 1.165) is 12.1 Å². The van der Waals surface area contributed by atoms with Crippen molar-refractivity contribution in [2.75, 3.05) is 38.0 Å². The van der Waals surface area contributed by atoms with Crippen molar-refractivity contribution >= 4 is 42.1 Å². The summed E-state index contributed by atoms with van der Waals surface area (Å²) in [5.41, 5.74) is 5.20. The molecule has 3 N–H and O–H groups in total. The molecule has 0 saturated carbocycles. The molecular weight excluding hydrogens is 358 g/mol. The van der Waals surface area contributed by atoms with Gasteiger partial charge in [0.05, 0.1) is 23.5 Å². The molecule has 0 aliphatic carbocycles. The van der Waals surface area contributed by atoms with Crippen LogP contribution < -0.4 is 16.0 Å². The van der Waals surface area contributed by atoms with Crippen LogP contribution in [0.4, 0.5) is 24.5 Å². The molecule has 0 heterocycles. The molecule has 0 bridgehead atoms. The second kappa shape index (κ2) is 9.82. The van der Waals surface area contributed by atoms with Gasteiger partial charge in [0.15, 0.2) is 0 Å². The molecule has 10 heteroatoms. The number of carbonyl (C=O) groups excluding carboxylic acids is 1. The van der Waals surface area contributed by atoms with E-state index < -0.39 is 23.7 Å². The van der Waals surface area contributed by atoms with Gasteiger partial charge in [0, 0.05) is 21.2 Å². The van der Waals surface area contributed by atoms with Gasteiger partial charge in [-0.25, -0.2) is 0 Å². The van der Waals surface area contributed by atoms with E-state index in [-0.39, 0.29) is 37.1 Å². The third-order valence-corrected chi connectivity index (χ3v) is 2.75. The van der Waals surface area contributed by atoms with Crippen molar-refractivity contribution in [1.82, 2.24) is 0 Å². The molecule has 0 fully saturated rings. The van der Waals surface area contributed by atoms with Gasteiger partial charge in [-0.1, -0.05) is 0 Å². The number of rotatable bonds is 5. The topological polar surface area (TPSA) is 67.6 Å². The first-order valence-electron chi connectivity index (χ1n) is 6.10. The predicted molar refractivity (Wildman–Crippen MR) is 88.7 cm³/mol. The third kappa shape index (κ3) is 6.82. The van der Waals surface area contributed by atoms with E-state index in [0.29, 0.717) is 5.69 Å². The Morgan fingerprint density at radius 1 is 1.35 bits per heavy atom. The Labute approximate surface area is 145 Å². The molecule has 0 saturated heterocycles. The van der Waals surface area contributed by atoms with E-state index in [9.17, 15) is 18.0 Å². The monoisotopic (exact) mass is 377 g/mol. The Morgan fingerprint density at radius 2 is 1.91 bits per heavy atom. The van der Waals surface area contributed by atoms with E-state index >= 15 is 0 Å². The van der Waals surface area contributed by atoms with Crippen LogP contribution in [0.2, 0.25) is 0 Å². The van der Waals surface area contributed by atoms with Gasteiger partial charge in [-0.15, -0.1) is 24.8 Å². The summed E-state index contributed by atoms with van der Waals surface area (Å²) in [6.07, 6.45) is -4.49. The van der Waals surface area contributed by atoms with E-state index in [4.69, 9.17) is 10.5 Å². The highest BCUT2D eigenvalue weighted by Gasteiger charge is 2.31. The molecule has 0 radical (unpaired) electrons. The molecule has 0 aliphatic heterocycles. The van der Waals surface area contributed by atoms with Crippen LogP contribution in [0, 0.1) is 0 Å². The average Bonchev–Trinajstić information content (AvgIpc) is 2.37. The number of hydrogen-bond acceptors (Lipinski definition) is 4. The van der Waals surface area contributed by atoms with Crippen molar-refractivity contribution in [3.05, 3.63) is 23.8 Å². The Morgan fingerprint density at radius 3 is 2.35 bits per heavy atom. The number of benzene rings is 1. The maximum Gasteiger partial charge on any atom is 0.416 e. The molecule has 134 valence electrons. The number of hydrogen-bond donors (Lipinski definition) is 2. The standard InChI is InChI=1S/C13H18F3N3O2.2ClH/c1-19(2)11-5-4-8(13(14,15)16)6-10(11)18-12(20)9(17)7-21-3;;/h4-6,9H,7,17H2,1-3H3,(H,18,20);2*1H. The van der Waals surface area contributed by atoms with Crippen LogP contribution in [-0.2, 0) is 15.7 Å². The zero-order valence-corrected chi connectivity index (χ0v) is 14.4. The summed E-state index contributed by atoms with van der Waals surface area (Å²) < 4.78 is 43.0. The number of methoxy groups -OCH3 is 1. The predicted octanol–water partition coefficient (Wildman–Crippen LogP) is 2.53. The zero-order chi connectivity index (χ0) is 16.2. The maximum atomic E-state index is 12.7. The maximum absolute atomic E-state index is 12.7. The smallest absolute Gasteiger partial charge is 0.383 e. The average molecular weight is 378 g/mol. The van der Waals surface area contributed by atoms with Crippen LogP contribution in [0.1, 0.15) is 5.56 Å². The number of alkyl halides is 3. The Kier molecular flexibility index (Phi) is 10.3. The zero-order valence-electron chi connectivity index (χ0n) is 12.8. The molecule has 1 aromatic rings. The number of ether oxygens (including phenoxy) is 1. The minimum absolute atomic E-state index is 0. The molecule has 0 aromatic heterocycles. The normalized spacial score (nSPS) is 11.8. The van der Waals surface area contributed by atoms with Gasteiger partial charge in [0.1, 0.15) is 6.04 Å². The third-order valence-electron chi connectivity index (χ3n) is 2.75. The number of halogens is 5. The van der Waals surface area contributed by atoms with E-state index in [2.05, 4.69) is 5.32 Å². The molecule has 1 aromatic carbocycles. The van der Waals surface area contributed by atoms with Crippen molar-refractivity contribution in [3.8, 4) is 0 Å². The van der Waals surface area contributed by atoms with Gasteiger partial charge in [-0.2, -0.15) is 13.2 Å². The van der Waals surface area contributed by atoms with Crippen LogP contribution in [0.3, 0.4) is 0 Å². The number of nitrogens with one attached hydrogen (secondary N) is 1. The van der Waals surface area contributed by atoms with Gasteiger partial charge in [0.25, 0.3) is 0 Å². The number of anilines is 2. The van der Waals surface area contributed by atoms with E-state index in [1.807, 2.05) is 0 Å². The molecular formula is C13H20Cl2F3N3O2. The number of amides is 1. The van der Waals surface area contributed by atoms with Crippen LogP contribution in [0.15, 0.2) is 18.2 Å². The largest absolute Gasteiger partial charge is 0.416 e. The van der Waals surface area contributed by atoms with E-state index in [1.165, 1.54) is 13.2 Å². The number of nitrogens with zero attached hydrogens (tertiary/aromatic N) is 1. The lowest BCUT2D eigenvalue weighted by Gasteiger charge is -2.21. The molecule has 0 aliphatic rings. The first-order valence-corrected chi connectivity index (χ1v) is 6.10. The van der Waals surface area contributed by atoms with Gasteiger partial charge in [0.2, 0.25) is 5.91 Å². The minimum Gasteiger partial charge on any atom is -0.383 e. The summed E-state index contributed by atoms with van der Waals surface area (Å²) in [7, 11) is 4.70. The number of nitrogens with two attached hydrogens (primary N) is 1. The summed E-state index contributed by atoms with van der Waals surface area (Å²) in [5, 5.41) is 2.40. The second-order valence-electron chi connectivity index (χ2n) is 4.68. The lowest BCUT2D eigenvalue weighted by atomic mass is 10.1. The van der Waals surface area contributed by atoms with Crippen LogP contribution >= 0.6 is 24.8 Å². The van der Waals surface area contributed by atoms with Crippen molar-refractivity contribution in [2.45, 2.75) is 12.2 Å². The molecule has 0 spiro atoms. The summed E-state index contributed by atoms with van der Waals surface area (Å²) in [4.78, 5) is 13.4. The highest BCUT2D eigenvalue weighted by atomic mass is 35.5. The van der Waals surface area contributed by atoms with Crippen LogP contribution in [0.5, 0.6) is 0 Å². The SMILES string of the molecule is COCC(N)C(=O)Nc1cc(C(F)(F)F)ccc1N(C)C.Cl.Cl. The molecule has 23 heavy (non-hydrogen) atoms. The summed E-state index contributed by atoms with van der Waals surface area (Å²) in [6.45, 7) is -0.0257. The van der Waals surface area contributed by atoms with Crippen LogP contribution in [0.25, 0.3) is 0 Å². The second-order valence-corrected chi connectivity index (χ2v) is 4.68. The molecule has 1 atom stereocenters. The Hall–Kier alpha value is -1.22. The minimum atomic E-state index is -4.49. The number of carbonyl (C=O) groups is 1. The lowest BCUT2D eigenvalue weighted by molar-refractivity contribution is -0.137. The fraction of sp³-hybridized carbons (Fsp3) is 0.462. The van der Waals surface area contributed by atoms with Gasteiger partial charge in [-0.3, -0.25) is 4.79 Å². The summed E-state index contributed by atoms with van der Waals surface area (Å²) in [5.74, 6) is -0.612. The molecule has 1 rings (SSSR count). The van der Waals surface area contributed by atoms with Gasteiger partial charge >= 0.3 is 6.18 Å². The van der Waals surface area contributed by atoms with E-state index in [1.54, 1.807) is 19.0 Å². The fourth-order valence-electron chi connectivity index (χ4n) is 1.68. The first kappa shape index (κ1) is 24.0. The quantitative estimate of drug-likeness (QED) is 0.827. The van der Waals surface area contributed by atoms with Crippen molar-refractivity contribution in [2.24, 2.45) is 5.73 Å². The highest BCUT2D eigenvalue weighted by molar-refractivity contribution is 5.97. The summed E-state index contributed by atoms with van der Waals surface area (Å²) >= 11 is 0. The first-order chi connectivity index (χ1) is 9.66. The molecule has 1 amide bonds. The fourth-order valence-corrected chi connectivity index (χ4v) is 1.68. The van der Waals surface area contributed by atoms with Gasteiger partial charge < -0.3 is 20.7 Å². The molecule has 1 unspecified atom stereocenters. The lowest BCUT2D eigenvalue weighted by Crippen LogP contribution is -2.39. The molecule has 5 nitrogen and oxygen atoms in total. The van der Waals surface area contributed by atoms with Crippen LogP contribution in [-0.4, -0.2) is 39.8 Å². The highest BCUT2D eigenvalue weighted by Crippen LogP contribution is 2.34.